The van der Waals surface area contributed by atoms with Crippen molar-refractivity contribution in [3.8, 4) is 11.3 Å². The summed E-state index contributed by atoms with van der Waals surface area (Å²) in [5.74, 6) is -1.02. The Morgan fingerprint density at radius 3 is 2.50 bits per heavy atom. The zero-order valence-electron chi connectivity index (χ0n) is 19.3. The number of nitrogens with one attached hydrogen (secondary N) is 1. The van der Waals surface area contributed by atoms with E-state index in [0.717, 1.165) is 24.5 Å². The second-order valence-corrected chi connectivity index (χ2v) is 9.59. The van der Waals surface area contributed by atoms with Gasteiger partial charge in [-0.15, -0.1) is 0 Å². The van der Waals surface area contributed by atoms with Gasteiger partial charge in [-0.1, -0.05) is 6.07 Å². The third kappa shape index (κ3) is 4.45. The molecule has 0 bridgehead atoms. The Balaban J connectivity index is 1.69. The Morgan fingerprint density at radius 1 is 1.17 bits per heavy atom. The molecule has 186 valence electrons. The van der Waals surface area contributed by atoms with Gasteiger partial charge < -0.3 is 15.5 Å². The van der Waals surface area contributed by atoms with Gasteiger partial charge >= 0.3 is 0 Å². The number of halogens is 2. The standard InChI is InChI=1S/C26H23F2N3O4S/c1-30-26(32)24-20-11-19(14-2-3-14)22(12-23(20)35-25(24)15-4-7-17(27)8-5-15)31(36(33)34)13-16-6-9-18(29)10-21(16)28/h4-12,14H,2-3,13,29H2,1H3,(H,30,32)(H,33,34). The van der Waals surface area contributed by atoms with Crippen LogP contribution in [-0.2, 0) is 17.8 Å². The zero-order valence-corrected chi connectivity index (χ0v) is 20.1. The first kappa shape index (κ1) is 24.0. The molecule has 0 aliphatic heterocycles. The van der Waals surface area contributed by atoms with E-state index >= 15 is 0 Å². The van der Waals surface area contributed by atoms with Crippen LogP contribution in [0.1, 0.15) is 40.2 Å². The third-order valence-corrected chi connectivity index (χ3v) is 6.97. The molecule has 1 heterocycles. The van der Waals surface area contributed by atoms with Crippen molar-refractivity contribution in [2.45, 2.75) is 25.3 Å². The lowest BCUT2D eigenvalue weighted by atomic mass is 10.00. The quantitative estimate of drug-likeness (QED) is 0.229. The number of nitrogens with two attached hydrogens (primary N) is 1. The average Bonchev–Trinajstić information content (AvgIpc) is 3.63. The highest BCUT2D eigenvalue weighted by molar-refractivity contribution is 7.80. The summed E-state index contributed by atoms with van der Waals surface area (Å²) < 4.78 is 58.0. The van der Waals surface area contributed by atoms with Gasteiger partial charge in [-0.25, -0.2) is 13.0 Å². The van der Waals surface area contributed by atoms with E-state index < -0.39 is 22.9 Å². The smallest absolute Gasteiger partial charge is 0.262 e. The van der Waals surface area contributed by atoms with Gasteiger partial charge in [0, 0.05) is 35.3 Å². The summed E-state index contributed by atoms with van der Waals surface area (Å²) in [4.78, 5) is 12.9. The van der Waals surface area contributed by atoms with Crippen LogP contribution < -0.4 is 15.4 Å². The highest BCUT2D eigenvalue weighted by Gasteiger charge is 2.32. The Labute approximate surface area is 208 Å². The molecule has 1 amide bonds. The second kappa shape index (κ2) is 9.36. The van der Waals surface area contributed by atoms with E-state index in [2.05, 4.69) is 5.32 Å². The van der Waals surface area contributed by atoms with Crippen molar-refractivity contribution < 1.29 is 26.8 Å². The number of hydrogen-bond acceptors (Lipinski definition) is 4. The highest BCUT2D eigenvalue weighted by atomic mass is 32.2. The van der Waals surface area contributed by atoms with E-state index in [1.165, 1.54) is 47.8 Å². The summed E-state index contributed by atoms with van der Waals surface area (Å²) in [6.07, 6.45) is 1.75. The van der Waals surface area contributed by atoms with Crippen LogP contribution in [0.15, 0.2) is 59.0 Å². The number of furan rings is 1. The first-order valence-corrected chi connectivity index (χ1v) is 12.3. The molecule has 1 aliphatic rings. The van der Waals surface area contributed by atoms with Crippen LogP contribution in [0, 0.1) is 11.6 Å². The molecule has 1 atom stereocenters. The predicted octanol–water partition coefficient (Wildman–Crippen LogP) is 5.34. The lowest BCUT2D eigenvalue weighted by molar-refractivity contribution is 0.0964. The minimum absolute atomic E-state index is 0.119. The first-order chi connectivity index (χ1) is 17.3. The molecule has 1 unspecified atom stereocenters. The van der Waals surface area contributed by atoms with Crippen LogP contribution in [0.3, 0.4) is 0 Å². The van der Waals surface area contributed by atoms with Crippen molar-refractivity contribution in [3.63, 3.8) is 0 Å². The maximum Gasteiger partial charge on any atom is 0.262 e. The molecule has 0 saturated heterocycles. The maximum atomic E-state index is 14.5. The summed E-state index contributed by atoms with van der Waals surface area (Å²) in [6.45, 7) is -0.186. The fraction of sp³-hybridized carbons (Fsp3) is 0.192. The van der Waals surface area contributed by atoms with Gasteiger partial charge in [-0.3, -0.25) is 13.7 Å². The molecule has 36 heavy (non-hydrogen) atoms. The molecule has 0 radical (unpaired) electrons. The molecule has 1 saturated carbocycles. The molecule has 4 N–H and O–H groups in total. The van der Waals surface area contributed by atoms with Gasteiger partial charge in [0.2, 0.25) is 0 Å². The minimum atomic E-state index is -2.49. The normalized spacial score (nSPS) is 14.1. The van der Waals surface area contributed by atoms with E-state index in [9.17, 15) is 22.3 Å². The lowest BCUT2D eigenvalue weighted by Gasteiger charge is -2.23. The van der Waals surface area contributed by atoms with Crippen molar-refractivity contribution in [1.29, 1.82) is 0 Å². The SMILES string of the molecule is CNC(=O)c1c(-c2ccc(F)cc2)oc2cc(N(Cc3ccc(N)cc3F)S(=O)O)c(C3CC3)cc12. The van der Waals surface area contributed by atoms with Crippen molar-refractivity contribution in [3.05, 3.63) is 82.9 Å². The van der Waals surface area contributed by atoms with Gasteiger partial charge in [-0.05, 0) is 66.8 Å². The van der Waals surface area contributed by atoms with Crippen LogP contribution >= 0.6 is 0 Å². The minimum Gasteiger partial charge on any atom is -0.455 e. The van der Waals surface area contributed by atoms with Crippen molar-refractivity contribution in [2.24, 2.45) is 0 Å². The molecule has 4 aromatic rings. The summed E-state index contributed by atoms with van der Waals surface area (Å²) in [5.41, 5.74) is 8.36. The van der Waals surface area contributed by atoms with Crippen LogP contribution in [0.4, 0.5) is 20.2 Å². The predicted molar refractivity (Wildman–Crippen MR) is 135 cm³/mol. The number of nitrogen functional groups attached to an aromatic ring is 1. The van der Waals surface area contributed by atoms with Crippen LogP contribution in [0.2, 0.25) is 0 Å². The number of carbonyl (C=O) groups excluding carboxylic acids is 1. The Morgan fingerprint density at radius 2 is 1.89 bits per heavy atom. The molecule has 5 rings (SSSR count). The van der Waals surface area contributed by atoms with Crippen LogP contribution in [-0.4, -0.2) is 21.7 Å². The number of hydrogen-bond donors (Lipinski definition) is 3. The topological polar surface area (TPSA) is 109 Å². The summed E-state index contributed by atoms with van der Waals surface area (Å²) >= 11 is -2.49. The van der Waals surface area contributed by atoms with E-state index in [4.69, 9.17) is 10.2 Å². The Kier molecular flexibility index (Phi) is 6.23. The Hall–Kier alpha value is -3.76. The van der Waals surface area contributed by atoms with Gasteiger partial charge in [-0.2, -0.15) is 0 Å². The first-order valence-electron chi connectivity index (χ1n) is 11.3. The van der Waals surface area contributed by atoms with E-state index in [1.807, 2.05) is 0 Å². The molecule has 3 aromatic carbocycles. The fourth-order valence-corrected chi connectivity index (χ4v) is 4.89. The maximum absolute atomic E-state index is 14.5. The zero-order chi connectivity index (χ0) is 25.6. The summed E-state index contributed by atoms with van der Waals surface area (Å²) in [5, 5.41) is 3.15. The fourth-order valence-electron chi connectivity index (χ4n) is 4.31. The number of carbonyl (C=O) groups is 1. The van der Waals surface area contributed by atoms with E-state index in [0.29, 0.717) is 22.2 Å². The molecule has 0 spiro atoms. The number of amides is 1. The van der Waals surface area contributed by atoms with Crippen LogP contribution in [0.25, 0.3) is 22.3 Å². The average molecular weight is 512 g/mol. The molecule has 1 fully saturated rings. The molecule has 1 aliphatic carbocycles. The second-order valence-electron chi connectivity index (χ2n) is 8.69. The lowest BCUT2D eigenvalue weighted by Crippen LogP contribution is -2.26. The van der Waals surface area contributed by atoms with E-state index in [1.54, 1.807) is 12.1 Å². The van der Waals surface area contributed by atoms with E-state index in [-0.39, 0.29) is 40.9 Å². The van der Waals surface area contributed by atoms with Gasteiger partial charge in [0.15, 0.2) is 0 Å². The molecule has 7 nitrogen and oxygen atoms in total. The summed E-state index contributed by atoms with van der Waals surface area (Å²) in [6, 6.07) is 13.1. The van der Waals surface area contributed by atoms with Crippen molar-refractivity contribution in [1.82, 2.24) is 5.32 Å². The molecule has 10 heteroatoms. The number of nitrogens with zero attached hydrogens (tertiary/aromatic N) is 1. The molecule has 1 aromatic heterocycles. The Bertz CT molecular complexity index is 1500. The molecular formula is C26H23F2N3O4S. The van der Waals surface area contributed by atoms with Gasteiger partial charge in [0.1, 0.15) is 23.0 Å². The third-order valence-electron chi connectivity index (χ3n) is 6.26. The van der Waals surface area contributed by atoms with Gasteiger partial charge in [0.25, 0.3) is 17.2 Å². The monoisotopic (exact) mass is 511 g/mol. The largest absolute Gasteiger partial charge is 0.455 e. The number of anilines is 2. The van der Waals surface area contributed by atoms with Crippen molar-refractivity contribution >= 4 is 39.5 Å². The van der Waals surface area contributed by atoms with Gasteiger partial charge in [0.05, 0.1) is 17.8 Å². The van der Waals surface area contributed by atoms with Crippen molar-refractivity contribution in [2.75, 3.05) is 17.1 Å². The number of rotatable bonds is 7. The number of benzene rings is 3. The summed E-state index contributed by atoms with van der Waals surface area (Å²) in [7, 11) is 1.50. The number of fused-ring (bicyclic) bond motifs is 1. The molecular weight excluding hydrogens is 488 g/mol. The highest BCUT2D eigenvalue weighted by Crippen LogP contribution is 2.48. The van der Waals surface area contributed by atoms with Crippen LogP contribution in [0.5, 0.6) is 0 Å².